The van der Waals surface area contributed by atoms with Crippen molar-refractivity contribution < 1.29 is 4.79 Å². The predicted molar refractivity (Wildman–Crippen MR) is 69.4 cm³/mol. The number of nitrogens with one attached hydrogen (secondary N) is 1. The summed E-state index contributed by atoms with van der Waals surface area (Å²) in [5.74, 6) is 0.0694. The second-order valence-corrected chi connectivity index (χ2v) is 4.81. The monoisotopic (exact) mass is 312 g/mol. The quantitative estimate of drug-likeness (QED) is 0.876. The van der Waals surface area contributed by atoms with Crippen molar-refractivity contribution >= 4 is 45.6 Å². The summed E-state index contributed by atoms with van der Waals surface area (Å²) in [5.41, 5.74) is 5.30. The van der Waals surface area contributed by atoms with Crippen molar-refractivity contribution in [1.29, 1.82) is 0 Å². The zero-order chi connectivity index (χ0) is 10.4. The van der Waals surface area contributed by atoms with Crippen LogP contribution in [0, 0.1) is 0 Å². The molecule has 0 saturated carbocycles. The Kier molecular flexibility index (Phi) is 8.04. The zero-order valence-corrected chi connectivity index (χ0v) is 11.4. The summed E-state index contributed by atoms with van der Waals surface area (Å²) in [7, 11) is 0. The Morgan fingerprint density at radius 3 is 2.87 bits per heavy atom. The van der Waals surface area contributed by atoms with Crippen LogP contribution >= 0.6 is 39.7 Å². The molecule has 1 aromatic rings. The van der Waals surface area contributed by atoms with E-state index in [1.54, 1.807) is 11.3 Å². The van der Waals surface area contributed by atoms with E-state index in [0.717, 1.165) is 15.8 Å². The van der Waals surface area contributed by atoms with Crippen LogP contribution in [0.15, 0.2) is 15.9 Å². The number of hydrogen-bond acceptors (Lipinski definition) is 3. The van der Waals surface area contributed by atoms with Crippen LogP contribution in [0.4, 0.5) is 0 Å². The fourth-order valence-corrected chi connectivity index (χ4v) is 2.37. The molecule has 0 radical (unpaired) electrons. The van der Waals surface area contributed by atoms with E-state index in [1.165, 1.54) is 0 Å². The van der Waals surface area contributed by atoms with Gasteiger partial charge in [-0.1, -0.05) is 0 Å². The molecule has 15 heavy (non-hydrogen) atoms. The molecule has 1 rings (SSSR count). The lowest BCUT2D eigenvalue weighted by molar-refractivity contribution is -0.121. The predicted octanol–water partition coefficient (Wildman–Crippen LogP) is 2.29. The third-order valence-corrected chi connectivity index (χ3v) is 3.39. The number of carbonyl (C=O) groups is 1. The van der Waals surface area contributed by atoms with Gasteiger partial charge in [-0.15, -0.1) is 23.7 Å². The SMILES string of the molecule is Cl.NCCCC(=O)NCc1cc(Br)cs1. The largest absolute Gasteiger partial charge is 0.351 e. The first-order chi connectivity index (χ1) is 6.72. The molecule has 0 fully saturated rings. The Morgan fingerprint density at radius 2 is 2.33 bits per heavy atom. The topological polar surface area (TPSA) is 55.1 Å². The molecule has 0 aromatic carbocycles. The van der Waals surface area contributed by atoms with Crippen LogP contribution in [-0.2, 0) is 11.3 Å². The first-order valence-corrected chi connectivity index (χ1v) is 6.09. The molecule has 86 valence electrons. The van der Waals surface area contributed by atoms with Gasteiger partial charge in [0.1, 0.15) is 0 Å². The molecular formula is C9H14BrClN2OS. The second-order valence-electron chi connectivity index (χ2n) is 2.90. The van der Waals surface area contributed by atoms with Gasteiger partial charge in [-0.3, -0.25) is 4.79 Å². The van der Waals surface area contributed by atoms with Crippen LogP contribution in [0.5, 0.6) is 0 Å². The summed E-state index contributed by atoms with van der Waals surface area (Å²) in [6, 6.07) is 2.01. The zero-order valence-electron chi connectivity index (χ0n) is 8.16. The van der Waals surface area contributed by atoms with E-state index in [2.05, 4.69) is 21.2 Å². The first-order valence-electron chi connectivity index (χ1n) is 4.42. The summed E-state index contributed by atoms with van der Waals surface area (Å²) in [5, 5.41) is 4.84. The van der Waals surface area contributed by atoms with E-state index in [-0.39, 0.29) is 18.3 Å². The highest BCUT2D eigenvalue weighted by molar-refractivity contribution is 9.10. The maximum Gasteiger partial charge on any atom is 0.220 e. The highest BCUT2D eigenvalue weighted by atomic mass is 79.9. The normalized spacial score (nSPS) is 9.47. The average Bonchev–Trinajstić information content (AvgIpc) is 2.58. The summed E-state index contributed by atoms with van der Waals surface area (Å²) in [6.45, 7) is 1.18. The molecular weight excluding hydrogens is 300 g/mol. The minimum atomic E-state index is 0. The van der Waals surface area contributed by atoms with Gasteiger partial charge in [0.05, 0.1) is 6.54 Å². The molecule has 0 saturated heterocycles. The lowest BCUT2D eigenvalue weighted by Gasteiger charge is -2.01. The number of rotatable bonds is 5. The molecule has 3 nitrogen and oxygen atoms in total. The van der Waals surface area contributed by atoms with Crippen molar-refractivity contribution in [1.82, 2.24) is 5.32 Å². The van der Waals surface area contributed by atoms with Crippen molar-refractivity contribution in [3.05, 3.63) is 20.8 Å². The molecule has 3 N–H and O–H groups in total. The maximum absolute atomic E-state index is 11.2. The van der Waals surface area contributed by atoms with Crippen molar-refractivity contribution in [2.24, 2.45) is 5.73 Å². The lowest BCUT2D eigenvalue weighted by atomic mass is 10.3. The number of nitrogens with two attached hydrogens (primary N) is 1. The number of amides is 1. The Bertz CT molecular complexity index is 306. The second kappa shape index (κ2) is 8.10. The highest BCUT2D eigenvalue weighted by Gasteiger charge is 2.01. The van der Waals surface area contributed by atoms with E-state index in [4.69, 9.17) is 5.73 Å². The maximum atomic E-state index is 11.2. The number of hydrogen-bond donors (Lipinski definition) is 2. The van der Waals surface area contributed by atoms with E-state index in [1.807, 2.05) is 11.4 Å². The summed E-state index contributed by atoms with van der Waals surface area (Å²) >= 11 is 4.99. The van der Waals surface area contributed by atoms with E-state index in [0.29, 0.717) is 19.5 Å². The Morgan fingerprint density at radius 1 is 1.60 bits per heavy atom. The van der Waals surface area contributed by atoms with Gasteiger partial charge in [0.15, 0.2) is 0 Å². The van der Waals surface area contributed by atoms with Gasteiger partial charge < -0.3 is 11.1 Å². The van der Waals surface area contributed by atoms with Gasteiger partial charge >= 0.3 is 0 Å². The summed E-state index contributed by atoms with van der Waals surface area (Å²) in [4.78, 5) is 12.4. The molecule has 1 aromatic heterocycles. The molecule has 0 aliphatic rings. The van der Waals surface area contributed by atoms with Gasteiger partial charge in [-0.2, -0.15) is 0 Å². The smallest absolute Gasteiger partial charge is 0.220 e. The Balaban J connectivity index is 0.00000196. The molecule has 0 aliphatic carbocycles. The summed E-state index contributed by atoms with van der Waals surface area (Å²) < 4.78 is 1.06. The highest BCUT2D eigenvalue weighted by Crippen LogP contribution is 2.19. The number of carbonyl (C=O) groups excluding carboxylic acids is 1. The van der Waals surface area contributed by atoms with Crippen molar-refractivity contribution in [2.45, 2.75) is 19.4 Å². The van der Waals surface area contributed by atoms with Crippen LogP contribution in [0.1, 0.15) is 17.7 Å². The molecule has 6 heteroatoms. The standard InChI is InChI=1S/C9H13BrN2OS.ClH/c10-7-4-8(14-6-7)5-12-9(13)2-1-3-11;/h4,6H,1-3,5,11H2,(H,12,13);1H. The average molecular weight is 314 g/mol. The third kappa shape index (κ3) is 6.14. The lowest BCUT2D eigenvalue weighted by Crippen LogP contribution is -2.22. The van der Waals surface area contributed by atoms with Crippen LogP contribution in [0.25, 0.3) is 0 Å². The summed E-state index contributed by atoms with van der Waals surface area (Å²) in [6.07, 6.45) is 1.27. The minimum absolute atomic E-state index is 0. The van der Waals surface area contributed by atoms with Gasteiger partial charge in [-0.25, -0.2) is 0 Å². The molecule has 0 atom stereocenters. The van der Waals surface area contributed by atoms with Gasteiger partial charge in [-0.05, 0) is 35.0 Å². The van der Waals surface area contributed by atoms with Gasteiger partial charge in [0.25, 0.3) is 0 Å². The van der Waals surface area contributed by atoms with Crippen LogP contribution in [0.3, 0.4) is 0 Å². The Labute approximate surface area is 108 Å². The first kappa shape index (κ1) is 14.9. The molecule has 1 heterocycles. The van der Waals surface area contributed by atoms with Crippen LogP contribution in [0.2, 0.25) is 0 Å². The fourth-order valence-electron chi connectivity index (χ4n) is 0.983. The van der Waals surface area contributed by atoms with E-state index >= 15 is 0 Å². The third-order valence-electron chi connectivity index (χ3n) is 1.69. The fraction of sp³-hybridized carbons (Fsp3) is 0.444. The minimum Gasteiger partial charge on any atom is -0.351 e. The van der Waals surface area contributed by atoms with Crippen molar-refractivity contribution in [3.8, 4) is 0 Å². The van der Waals surface area contributed by atoms with Gasteiger partial charge in [0, 0.05) is 21.2 Å². The molecule has 1 amide bonds. The molecule has 0 bridgehead atoms. The van der Waals surface area contributed by atoms with Crippen LogP contribution in [-0.4, -0.2) is 12.5 Å². The molecule has 0 spiro atoms. The molecule has 0 unspecified atom stereocenters. The van der Waals surface area contributed by atoms with Gasteiger partial charge in [0.2, 0.25) is 5.91 Å². The number of thiophene rings is 1. The Hall–Kier alpha value is -0.100. The van der Waals surface area contributed by atoms with Crippen LogP contribution < -0.4 is 11.1 Å². The van der Waals surface area contributed by atoms with Crippen molar-refractivity contribution in [2.75, 3.05) is 6.54 Å². The number of halogens is 2. The molecule has 0 aliphatic heterocycles. The van der Waals surface area contributed by atoms with E-state index in [9.17, 15) is 4.79 Å². The van der Waals surface area contributed by atoms with E-state index < -0.39 is 0 Å². The van der Waals surface area contributed by atoms with Crippen molar-refractivity contribution in [3.63, 3.8) is 0 Å².